The van der Waals surface area contributed by atoms with Gasteiger partial charge in [-0.25, -0.2) is 0 Å². The van der Waals surface area contributed by atoms with Crippen LogP contribution in [0.3, 0.4) is 0 Å². The molecule has 0 radical (unpaired) electrons. The molecule has 2 rings (SSSR count). The molecule has 2 unspecified atom stereocenters. The molecule has 0 aliphatic carbocycles. The second kappa shape index (κ2) is 6.89. The predicted molar refractivity (Wildman–Crippen MR) is 82.7 cm³/mol. The third-order valence-electron chi connectivity index (χ3n) is 4.21. The number of amides is 1. The Kier molecular flexibility index (Phi) is 5.18. The van der Waals surface area contributed by atoms with Crippen LogP contribution in [-0.4, -0.2) is 19.0 Å². The molecular weight excluding hydrogens is 248 g/mol. The number of aryl methyl sites for hydroxylation is 2. The zero-order valence-corrected chi connectivity index (χ0v) is 12.8. The first-order valence-electron chi connectivity index (χ1n) is 7.63. The molecule has 0 aromatic heterocycles. The quantitative estimate of drug-likeness (QED) is 0.867. The molecule has 3 heteroatoms. The number of hydrogen-bond acceptors (Lipinski definition) is 2. The van der Waals surface area contributed by atoms with Gasteiger partial charge in [0.2, 0.25) is 5.91 Å². The highest BCUT2D eigenvalue weighted by atomic mass is 16.1. The third-order valence-corrected chi connectivity index (χ3v) is 4.21. The van der Waals surface area contributed by atoms with Crippen LogP contribution in [0.15, 0.2) is 18.2 Å². The molecular formula is C17H26N2O. The van der Waals surface area contributed by atoms with Gasteiger partial charge in [0.25, 0.3) is 0 Å². The molecule has 1 aromatic carbocycles. The number of rotatable bonds is 5. The number of benzene rings is 1. The summed E-state index contributed by atoms with van der Waals surface area (Å²) in [6.45, 7) is 8.43. The molecule has 1 fully saturated rings. The highest BCUT2D eigenvalue weighted by Crippen LogP contribution is 2.19. The van der Waals surface area contributed by atoms with Gasteiger partial charge in [-0.05, 0) is 63.7 Å². The molecule has 1 aliphatic rings. The van der Waals surface area contributed by atoms with Crippen molar-refractivity contribution >= 4 is 5.91 Å². The molecule has 20 heavy (non-hydrogen) atoms. The van der Waals surface area contributed by atoms with E-state index < -0.39 is 0 Å². The Morgan fingerprint density at radius 2 is 2.25 bits per heavy atom. The molecule has 0 saturated carbocycles. The lowest BCUT2D eigenvalue weighted by Gasteiger charge is -2.17. The van der Waals surface area contributed by atoms with Crippen molar-refractivity contribution < 1.29 is 4.79 Å². The van der Waals surface area contributed by atoms with Gasteiger partial charge in [0.05, 0.1) is 6.04 Å². The Labute approximate surface area is 122 Å². The van der Waals surface area contributed by atoms with Crippen molar-refractivity contribution in [2.24, 2.45) is 5.92 Å². The topological polar surface area (TPSA) is 41.1 Å². The molecule has 2 atom stereocenters. The first-order chi connectivity index (χ1) is 9.56. The van der Waals surface area contributed by atoms with Crippen LogP contribution in [0, 0.1) is 19.8 Å². The minimum Gasteiger partial charge on any atom is -0.350 e. The summed E-state index contributed by atoms with van der Waals surface area (Å²) in [5.41, 5.74) is 3.72. The highest BCUT2D eigenvalue weighted by molar-refractivity contribution is 5.76. The average Bonchev–Trinajstić information content (AvgIpc) is 2.89. The monoisotopic (exact) mass is 274 g/mol. The van der Waals surface area contributed by atoms with Gasteiger partial charge >= 0.3 is 0 Å². The summed E-state index contributed by atoms with van der Waals surface area (Å²) >= 11 is 0. The highest BCUT2D eigenvalue weighted by Gasteiger charge is 2.17. The van der Waals surface area contributed by atoms with Gasteiger partial charge in [-0.1, -0.05) is 23.8 Å². The third kappa shape index (κ3) is 4.07. The van der Waals surface area contributed by atoms with Gasteiger partial charge in [-0.3, -0.25) is 4.79 Å². The van der Waals surface area contributed by atoms with Crippen LogP contribution in [0.1, 0.15) is 48.9 Å². The number of carbonyl (C=O) groups excluding carboxylic acids is 1. The Balaban J connectivity index is 1.83. The maximum atomic E-state index is 12.0. The van der Waals surface area contributed by atoms with Crippen LogP contribution < -0.4 is 10.6 Å². The zero-order chi connectivity index (χ0) is 14.5. The van der Waals surface area contributed by atoms with E-state index in [4.69, 9.17) is 0 Å². The normalized spacial score (nSPS) is 19.9. The summed E-state index contributed by atoms with van der Waals surface area (Å²) in [4.78, 5) is 12.0. The van der Waals surface area contributed by atoms with E-state index in [1.807, 2.05) is 0 Å². The lowest BCUT2D eigenvalue weighted by atomic mass is 9.99. The molecule has 110 valence electrons. The summed E-state index contributed by atoms with van der Waals surface area (Å²) in [7, 11) is 0. The molecule has 2 N–H and O–H groups in total. The van der Waals surface area contributed by atoms with E-state index in [-0.39, 0.29) is 11.9 Å². The van der Waals surface area contributed by atoms with Crippen LogP contribution in [0.4, 0.5) is 0 Å². The SMILES string of the molecule is Cc1ccc(C(C)NC(=O)CCC2CCNC2)c(C)c1. The first-order valence-corrected chi connectivity index (χ1v) is 7.63. The Hall–Kier alpha value is -1.35. The van der Waals surface area contributed by atoms with Crippen LogP contribution in [-0.2, 0) is 4.79 Å². The van der Waals surface area contributed by atoms with Crippen molar-refractivity contribution in [1.82, 2.24) is 10.6 Å². The number of nitrogens with one attached hydrogen (secondary N) is 2. The maximum Gasteiger partial charge on any atom is 0.220 e. The zero-order valence-electron chi connectivity index (χ0n) is 12.8. The molecule has 1 amide bonds. The lowest BCUT2D eigenvalue weighted by molar-refractivity contribution is -0.122. The molecule has 1 heterocycles. The fraction of sp³-hybridized carbons (Fsp3) is 0.588. The minimum absolute atomic E-state index is 0.0878. The summed E-state index contributed by atoms with van der Waals surface area (Å²) < 4.78 is 0. The molecule has 1 aromatic rings. The van der Waals surface area contributed by atoms with Crippen molar-refractivity contribution in [3.8, 4) is 0 Å². The van der Waals surface area contributed by atoms with Crippen molar-refractivity contribution in [2.45, 2.75) is 46.1 Å². The van der Waals surface area contributed by atoms with E-state index in [0.29, 0.717) is 12.3 Å². The largest absolute Gasteiger partial charge is 0.350 e. The Morgan fingerprint density at radius 1 is 1.45 bits per heavy atom. The van der Waals surface area contributed by atoms with Gasteiger partial charge in [0.15, 0.2) is 0 Å². The Morgan fingerprint density at radius 3 is 2.90 bits per heavy atom. The molecule has 0 spiro atoms. The average molecular weight is 274 g/mol. The van der Waals surface area contributed by atoms with Crippen molar-refractivity contribution in [1.29, 1.82) is 0 Å². The van der Waals surface area contributed by atoms with Crippen molar-refractivity contribution in [3.63, 3.8) is 0 Å². The predicted octanol–water partition coefficient (Wildman–Crippen LogP) is 2.87. The van der Waals surface area contributed by atoms with Gasteiger partial charge in [0, 0.05) is 6.42 Å². The van der Waals surface area contributed by atoms with Gasteiger partial charge < -0.3 is 10.6 Å². The van der Waals surface area contributed by atoms with Crippen LogP contribution >= 0.6 is 0 Å². The minimum atomic E-state index is 0.0878. The van der Waals surface area contributed by atoms with E-state index in [0.717, 1.165) is 19.5 Å². The van der Waals surface area contributed by atoms with Crippen molar-refractivity contribution in [2.75, 3.05) is 13.1 Å². The second-order valence-electron chi connectivity index (χ2n) is 6.05. The van der Waals surface area contributed by atoms with Gasteiger partial charge in [0.1, 0.15) is 0 Å². The van der Waals surface area contributed by atoms with Crippen LogP contribution in [0.5, 0.6) is 0 Å². The fourth-order valence-electron chi connectivity index (χ4n) is 3.00. The van der Waals surface area contributed by atoms with Gasteiger partial charge in [-0.2, -0.15) is 0 Å². The van der Waals surface area contributed by atoms with Crippen molar-refractivity contribution in [3.05, 3.63) is 34.9 Å². The van der Waals surface area contributed by atoms with Crippen LogP contribution in [0.2, 0.25) is 0 Å². The van der Waals surface area contributed by atoms with E-state index >= 15 is 0 Å². The summed E-state index contributed by atoms with van der Waals surface area (Å²) in [5, 5.41) is 6.46. The van der Waals surface area contributed by atoms with Gasteiger partial charge in [-0.15, -0.1) is 0 Å². The summed E-state index contributed by atoms with van der Waals surface area (Å²) in [6, 6.07) is 6.48. The first kappa shape index (κ1) is 15.0. The molecule has 1 saturated heterocycles. The van der Waals surface area contributed by atoms with E-state index in [2.05, 4.69) is 49.6 Å². The Bertz CT molecular complexity index is 464. The van der Waals surface area contributed by atoms with E-state index in [9.17, 15) is 4.79 Å². The lowest BCUT2D eigenvalue weighted by Crippen LogP contribution is -2.27. The molecule has 0 bridgehead atoms. The van der Waals surface area contributed by atoms with E-state index in [1.165, 1.54) is 23.1 Å². The molecule has 3 nitrogen and oxygen atoms in total. The molecule has 1 aliphatic heterocycles. The summed E-state index contributed by atoms with van der Waals surface area (Å²) in [6.07, 6.45) is 2.85. The van der Waals surface area contributed by atoms with E-state index in [1.54, 1.807) is 0 Å². The maximum absolute atomic E-state index is 12.0. The smallest absolute Gasteiger partial charge is 0.220 e. The standard InChI is InChI=1S/C17H26N2O/c1-12-4-6-16(13(2)10-12)14(3)19-17(20)7-5-15-8-9-18-11-15/h4,6,10,14-15,18H,5,7-9,11H2,1-3H3,(H,19,20). The van der Waals surface area contributed by atoms with Crippen LogP contribution in [0.25, 0.3) is 0 Å². The number of hydrogen-bond donors (Lipinski definition) is 2. The summed E-state index contributed by atoms with van der Waals surface area (Å²) in [5.74, 6) is 0.849. The fourth-order valence-corrected chi connectivity index (χ4v) is 3.00. The number of carbonyl (C=O) groups is 1. The second-order valence-corrected chi connectivity index (χ2v) is 6.05.